The monoisotopic (exact) mass is 256 g/mol. The van der Waals surface area contributed by atoms with Crippen LogP contribution in [0.4, 0.5) is 0 Å². The van der Waals surface area contributed by atoms with Gasteiger partial charge < -0.3 is 15.3 Å². The van der Waals surface area contributed by atoms with Crippen LogP contribution in [0.15, 0.2) is 0 Å². The van der Waals surface area contributed by atoms with Gasteiger partial charge in [0, 0.05) is 13.1 Å². The molecule has 4 nitrogen and oxygen atoms in total. The Bertz CT molecular complexity index is 228. The second-order valence-corrected chi connectivity index (χ2v) is 5.11. The summed E-state index contributed by atoms with van der Waals surface area (Å²) in [5.41, 5.74) is 0. The lowest BCUT2D eigenvalue weighted by atomic mass is 10.0. The molecule has 0 aromatic carbocycles. The number of nitrogens with one attached hydrogen (secondary N) is 1. The smallest absolute Gasteiger partial charge is 0.239 e. The van der Waals surface area contributed by atoms with E-state index in [1.807, 2.05) is 4.90 Å². The Morgan fingerprint density at radius 2 is 2.11 bits per heavy atom. The molecule has 0 unspecified atom stereocenters. The Morgan fingerprint density at radius 3 is 2.72 bits per heavy atom. The molecule has 2 N–H and O–H groups in total. The maximum Gasteiger partial charge on any atom is 0.239 e. The number of nitrogens with zero attached hydrogens (tertiary/aromatic N) is 1. The third kappa shape index (κ3) is 5.36. The quantitative estimate of drug-likeness (QED) is 0.648. The van der Waals surface area contributed by atoms with Crippen LogP contribution in [0.1, 0.15) is 51.9 Å². The number of amides is 1. The molecule has 1 saturated heterocycles. The van der Waals surface area contributed by atoms with Gasteiger partial charge in [-0.3, -0.25) is 4.79 Å². The maximum atomic E-state index is 12.3. The zero-order valence-corrected chi connectivity index (χ0v) is 11.7. The Morgan fingerprint density at radius 1 is 1.28 bits per heavy atom. The first-order valence-electron chi connectivity index (χ1n) is 7.42. The molecule has 1 aliphatic heterocycles. The molecule has 0 bridgehead atoms. The molecule has 0 aromatic heterocycles. The summed E-state index contributed by atoms with van der Waals surface area (Å²) >= 11 is 0. The second-order valence-electron chi connectivity index (χ2n) is 5.11. The van der Waals surface area contributed by atoms with E-state index in [0.717, 1.165) is 32.4 Å². The minimum Gasteiger partial charge on any atom is -0.395 e. The molecular formula is C14H28N2O2. The van der Waals surface area contributed by atoms with Gasteiger partial charge in [0.2, 0.25) is 5.91 Å². The van der Waals surface area contributed by atoms with Crippen LogP contribution in [0.25, 0.3) is 0 Å². The van der Waals surface area contributed by atoms with E-state index in [1.54, 1.807) is 0 Å². The molecule has 4 heteroatoms. The van der Waals surface area contributed by atoms with Crippen LogP contribution in [-0.2, 0) is 4.79 Å². The number of piperidine rings is 1. The molecule has 1 aliphatic rings. The molecule has 18 heavy (non-hydrogen) atoms. The predicted molar refractivity (Wildman–Crippen MR) is 73.4 cm³/mol. The van der Waals surface area contributed by atoms with Crippen LogP contribution in [0, 0.1) is 0 Å². The molecule has 1 heterocycles. The van der Waals surface area contributed by atoms with Crippen LogP contribution in [0.5, 0.6) is 0 Å². The highest BCUT2D eigenvalue weighted by atomic mass is 16.3. The van der Waals surface area contributed by atoms with Crippen molar-refractivity contribution in [3.05, 3.63) is 0 Å². The van der Waals surface area contributed by atoms with Crippen LogP contribution in [-0.4, -0.2) is 48.2 Å². The van der Waals surface area contributed by atoms with Crippen molar-refractivity contribution in [1.29, 1.82) is 0 Å². The van der Waals surface area contributed by atoms with Crippen molar-refractivity contribution in [2.24, 2.45) is 0 Å². The molecule has 1 fully saturated rings. The van der Waals surface area contributed by atoms with E-state index in [-0.39, 0.29) is 18.6 Å². The summed E-state index contributed by atoms with van der Waals surface area (Å²) in [7, 11) is 0. The van der Waals surface area contributed by atoms with Gasteiger partial charge in [0.05, 0.1) is 12.6 Å². The minimum atomic E-state index is -0.0172. The number of aliphatic hydroxyl groups excluding tert-OH is 1. The highest BCUT2D eigenvalue weighted by molar-refractivity contribution is 5.82. The van der Waals surface area contributed by atoms with Gasteiger partial charge in [-0.25, -0.2) is 0 Å². The average Bonchev–Trinajstić information content (AvgIpc) is 2.42. The number of rotatable bonds is 8. The third-order valence-corrected chi connectivity index (χ3v) is 3.57. The summed E-state index contributed by atoms with van der Waals surface area (Å²) in [6.45, 7) is 4.45. The SMILES string of the molecule is CCCCCCN(CCO)C(=O)[C@@H]1CCCCN1. The number of carbonyl (C=O) groups is 1. The summed E-state index contributed by atoms with van der Waals surface area (Å²) in [5, 5.41) is 12.4. The maximum absolute atomic E-state index is 12.3. The Labute approximate surface area is 111 Å². The summed E-state index contributed by atoms with van der Waals surface area (Å²) in [6, 6.07) is -0.0172. The molecule has 0 radical (unpaired) electrons. The highest BCUT2D eigenvalue weighted by Gasteiger charge is 2.24. The average molecular weight is 256 g/mol. The lowest BCUT2D eigenvalue weighted by Gasteiger charge is -2.29. The van der Waals surface area contributed by atoms with E-state index in [1.165, 1.54) is 25.7 Å². The first kappa shape index (κ1) is 15.4. The Balaban J connectivity index is 2.35. The van der Waals surface area contributed by atoms with Crippen molar-refractivity contribution >= 4 is 5.91 Å². The summed E-state index contributed by atoms with van der Waals surface area (Å²) in [6.07, 6.45) is 7.89. The first-order valence-corrected chi connectivity index (χ1v) is 7.42. The number of hydrogen-bond donors (Lipinski definition) is 2. The van der Waals surface area contributed by atoms with E-state index in [9.17, 15) is 4.79 Å². The van der Waals surface area contributed by atoms with Crippen molar-refractivity contribution in [2.75, 3.05) is 26.2 Å². The molecular weight excluding hydrogens is 228 g/mol. The fourth-order valence-corrected chi connectivity index (χ4v) is 2.47. The van der Waals surface area contributed by atoms with Crippen molar-refractivity contribution in [3.8, 4) is 0 Å². The van der Waals surface area contributed by atoms with Crippen LogP contribution in [0.2, 0.25) is 0 Å². The molecule has 0 aromatic rings. The van der Waals surface area contributed by atoms with Crippen molar-refractivity contribution in [1.82, 2.24) is 10.2 Å². The van der Waals surface area contributed by atoms with Crippen molar-refractivity contribution in [2.45, 2.75) is 57.9 Å². The molecule has 106 valence electrons. The minimum absolute atomic E-state index is 0.0172. The van der Waals surface area contributed by atoms with Gasteiger partial charge in [-0.2, -0.15) is 0 Å². The number of unbranched alkanes of at least 4 members (excludes halogenated alkanes) is 3. The lowest BCUT2D eigenvalue weighted by molar-refractivity contribution is -0.134. The molecule has 1 rings (SSSR count). The van der Waals surface area contributed by atoms with E-state index in [4.69, 9.17) is 5.11 Å². The van der Waals surface area contributed by atoms with Crippen molar-refractivity contribution < 1.29 is 9.90 Å². The van der Waals surface area contributed by atoms with Gasteiger partial charge in [-0.1, -0.05) is 32.6 Å². The van der Waals surface area contributed by atoms with E-state index < -0.39 is 0 Å². The fourth-order valence-electron chi connectivity index (χ4n) is 2.47. The highest BCUT2D eigenvalue weighted by Crippen LogP contribution is 2.11. The standard InChI is InChI=1S/C14H28N2O2/c1-2-3-4-7-10-16(11-12-17)14(18)13-8-5-6-9-15-13/h13,15,17H,2-12H2,1H3/t13-/m0/s1. The Hall–Kier alpha value is -0.610. The third-order valence-electron chi connectivity index (χ3n) is 3.57. The van der Waals surface area contributed by atoms with Gasteiger partial charge in [0.1, 0.15) is 0 Å². The van der Waals surface area contributed by atoms with E-state index >= 15 is 0 Å². The van der Waals surface area contributed by atoms with Crippen LogP contribution in [0.3, 0.4) is 0 Å². The van der Waals surface area contributed by atoms with E-state index in [0.29, 0.717) is 6.54 Å². The predicted octanol–water partition coefficient (Wildman–Crippen LogP) is 1.53. The summed E-state index contributed by atoms with van der Waals surface area (Å²) < 4.78 is 0. The molecule has 0 saturated carbocycles. The molecule has 1 atom stereocenters. The van der Waals surface area contributed by atoms with E-state index in [2.05, 4.69) is 12.2 Å². The molecule has 0 aliphatic carbocycles. The number of hydrogen-bond acceptors (Lipinski definition) is 3. The Kier molecular flexibility index (Phi) is 8.01. The topological polar surface area (TPSA) is 52.6 Å². The number of carbonyl (C=O) groups excluding carboxylic acids is 1. The zero-order chi connectivity index (χ0) is 13.2. The van der Waals surface area contributed by atoms with Crippen LogP contribution < -0.4 is 5.32 Å². The van der Waals surface area contributed by atoms with Gasteiger partial charge >= 0.3 is 0 Å². The number of aliphatic hydroxyl groups is 1. The zero-order valence-electron chi connectivity index (χ0n) is 11.7. The lowest BCUT2D eigenvalue weighted by Crippen LogP contribution is -2.49. The summed E-state index contributed by atoms with van der Waals surface area (Å²) in [5.74, 6) is 0.181. The second kappa shape index (κ2) is 9.34. The van der Waals surface area contributed by atoms with Gasteiger partial charge in [-0.15, -0.1) is 0 Å². The molecule has 0 spiro atoms. The van der Waals surface area contributed by atoms with Crippen LogP contribution >= 0.6 is 0 Å². The van der Waals surface area contributed by atoms with Gasteiger partial charge in [0.25, 0.3) is 0 Å². The largest absolute Gasteiger partial charge is 0.395 e. The van der Waals surface area contributed by atoms with Crippen molar-refractivity contribution in [3.63, 3.8) is 0 Å². The summed E-state index contributed by atoms with van der Waals surface area (Å²) in [4.78, 5) is 14.1. The van der Waals surface area contributed by atoms with Gasteiger partial charge in [0.15, 0.2) is 0 Å². The van der Waals surface area contributed by atoms with Gasteiger partial charge in [-0.05, 0) is 25.8 Å². The molecule has 1 amide bonds. The first-order chi connectivity index (χ1) is 8.79. The fraction of sp³-hybridized carbons (Fsp3) is 0.929. The normalized spacial score (nSPS) is 19.8.